The zero-order valence-electron chi connectivity index (χ0n) is 13.4. The van der Waals surface area contributed by atoms with Gasteiger partial charge in [-0.05, 0) is 30.5 Å². The molecule has 0 radical (unpaired) electrons. The van der Waals surface area contributed by atoms with Crippen molar-refractivity contribution < 1.29 is 14.3 Å². The summed E-state index contributed by atoms with van der Waals surface area (Å²) in [7, 11) is 3.18. The fourth-order valence-corrected chi connectivity index (χ4v) is 2.62. The van der Waals surface area contributed by atoms with Crippen LogP contribution in [0.15, 0.2) is 47.4 Å². The lowest BCUT2D eigenvalue weighted by Gasteiger charge is -2.13. The van der Waals surface area contributed by atoms with E-state index in [-0.39, 0.29) is 12.5 Å². The van der Waals surface area contributed by atoms with Gasteiger partial charge < -0.3 is 20.1 Å². The topological polar surface area (TPSA) is 59.6 Å². The van der Waals surface area contributed by atoms with Crippen LogP contribution in [0.25, 0.3) is 0 Å². The molecular weight excluding hydrogens is 312 g/mol. The molecule has 0 bridgehead atoms. The van der Waals surface area contributed by atoms with E-state index in [1.807, 2.05) is 30.5 Å². The third-order valence-electron chi connectivity index (χ3n) is 3.23. The first-order chi connectivity index (χ1) is 11.2. The second-order valence-corrected chi connectivity index (χ2v) is 5.52. The van der Waals surface area contributed by atoms with Gasteiger partial charge in [-0.2, -0.15) is 0 Å². The Morgan fingerprint density at radius 3 is 2.57 bits per heavy atom. The second-order valence-electron chi connectivity index (χ2n) is 4.67. The molecule has 2 N–H and O–H groups in total. The van der Waals surface area contributed by atoms with Crippen molar-refractivity contribution in [3.8, 4) is 11.5 Å². The van der Waals surface area contributed by atoms with Gasteiger partial charge in [0.1, 0.15) is 11.5 Å². The van der Waals surface area contributed by atoms with Crippen LogP contribution >= 0.6 is 11.8 Å². The summed E-state index contributed by atoms with van der Waals surface area (Å²) >= 11 is 1.59. The Hall–Kier alpha value is -2.34. The summed E-state index contributed by atoms with van der Waals surface area (Å²) in [6.07, 6.45) is 1.98. The predicted molar refractivity (Wildman–Crippen MR) is 94.9 cm³/mol. The molecule has 0 aliphatic rings. The van der Waals surface area contributed by atoms with Crippen LogP contribution in [0.4, 0.5) is 11.4 Å². The summed E-state index contributed by atoms with van der Waals surface area (Å²) in [6.45, 7) is 0.131. The van der Waals surface area contributed by atoms with Crippen LogP contribution < -0.4 is 20.1 Å². The average Bonchev–Trinajstić information content (AvgIpc) is 2.60. The number of rotatable bonds is 7. The van der Waals surface area contributed by atoms with Crippen LogP contribution in [0.1, 0.15) is 0 Å². The third kappa shape index (κ3) is 4.56. The smallest absolute Gasteiger partial charge is 0.243 e. The van der Waals surface area contributed by atoms with E-state index < -0.39 is 0 Å². The number of methoxy groups -OCH3 is 2. The number of carbonyl (C=O) groups is 1. The number of hydrogen-bond acceptors (Lipinski definition) is 5. The van der Waals surface area contributed by atoms with Gasteiger partial charge in [-0.3, -0.25) is 4.79 Å². The molecule has 2 aromatic rings. The molecule has 0 fully saturated rings. The molecule has 0 unspecified atom stereocenters. The van der Waals surface area contributed by atoms with Crippen molar-refractivity contribution in [2.24, 2.45) is 0 Å². The quantitative estimate of drug-likeness (QED) is 0.760. The van der Waals surface area contributed by atoms with Gasteiger partial charge in [0.15, 0.2) is 0 Å². The maximum Gasteiger partial charge on any atom is 0.243 e. The summed E-state index contributed by atoms with van der Waals surface area (Å²) in [5.74, 6) is 1.22. The molecule has 0 aromatic heterocycles. The number of ether oxygens (including phenoxy) is 2. The summed E-state index contributed by atoms with van der Waals surface area (Å²) in [4.78, 5) is 13.2. The lowest BCUT2D eigenvalue weighted by molar-refractivity contribution is -0.114. The minimum absolute atomic E-state index is 0.128. The summed E-state index contributed by atoms with van der Waals surface area (Å²) in [6, 6.07) is 13.1. The van der Waals surface area contributed by atoms with E-state index in [2.05, 4.69) is 10.6 Å². The van der Waals surface area contributed by atoms with Crippen LogP contribution in [-0.4, -0.2) is 32.9 Å². The predicted octanol–water partition coefficient (Wildman–Crippen LogP) is 3.48. The van der Waals surface area contributed by atoms with Gasteiger partial charge in [-0.1, -0.05) is 12.1 Å². The Morgan fingerprint density at radius 1 is 1.09 bits per heavy atom. The third-order valence-corrected chi connectivity index (χ3v) is 4.02. The molecule has 2 aromatic carbocycles. The standard InChI is InChI=1S/C17H20N2O3S/c1-21-12-8-9-15(22-2)14(10-12)18-11-17(20)19-13-6-4-5-7-16(13)23-3/h4-10,18H,11H2,1-3H3,(H,19,20). The van der Waals surface area contributed by atoms with Gasteiger partial charge in [0.25, 0.3) is 0 Å². The fraction of sp³-hybridized carbons (Fsp3) is 0.235. The van der Waals surface area contributed by atoms with Crippen LogP contribution in [0, 0.1) is 0 Å². The number of anilines is 2. The Morgan fingerprint density at radius 2 is 1.87 bits per heavy atom. The Bertz CT molecular complexity index is 677. The zero-order chi connectivity index (χ0) is 16.7. The monoisotopic (exact) mass is 332 g/mol. The summed E-state index contributed by atoms with van der Waals surface area (Å²) in [5, 5.41) is 5.98. The molecule has 0 atom stereocenters. The lowest BCUT2D eigenvalue weighted by atomic mass is 10.2. The highest BCUT2D eigenvalue weighted by atomic mass is 32.2. The van der Waals surface area contributed by atoms with Crippen molar-refractivity contribution in [2.75, 3.05) is 37.7 Å². The van der Waals surface area contributed by atoms with Gasteiger partial charge in [-0.25, -0.2) is 0 Å². The van der Waals surface area contributed by atoms with Crippen molar-refractivity contribution in [1.29, 1.82) is 0 Å². The minimum Gasteiger partial charge on any atom is -0.497 e. The normalized spacial score (nSPS) is 10.0. The van der Waals surface area contributed by atoms with Gasteiger partial charge in [0.2, 0.25) is 5.91 Å². The van der Waals surface area contributed by atoms with E-state index in [4.69, 9.17) is 9.47 Å². The van der Waals surface area contributed by atoms with Gasteiger partial charge in [-0.15, -0.1) is 11.8 Å². The van der Waals surface area contributed by atoms with Crippen LogP contribution in [0.5, 0.6) is 11.5 Å². The number of amides is 1. The molecule has 5 nitrogen and oxygen atoms in total. The summed E-state index contributed by atoms with van der Waals surface area (Å²) in [5.41, 5.74) is 1.52. The highest BCUT2D eigenvalue weighted by Gasteiger charge is 2.09. The Balaban J connectivity index is 2.02. The van der Waals surface area contributed by atoms with Crippen molar-refractivity contribution in [1.82, 2.24) is 0 Å². The van der Waals surface area contributed by atoms with E-state index in [0.717, 1.165) is 10.6 Å². The molecule has 23 heavy (non-hydrogen) atoms. The van der Waals surface area contributed by atoms with Gasteiger partial charge in [0, 0.05) is 11.0 Å². The average molecular weight is 332 g/mol. The number of nitrogens with one attached hydrogen (secondary N) is 2. The zero-order valence-corrected chi connectivity index (χ0v) is 14.2. The molecule has 0 heterocycles. The molecule has 0 aliphatic carbocycles. The number of para-hydroxylation sites is 1. The molecule has 1 amide bonds. The van der Waals surface area contributed by atoms with E-state index in [0.29, 0.717) is 17.2 Å². The number of thioether (sulfide) groups is 1. The highest BCUT2D eigenvalue weighted by molar-refractivity contribution is 7.98. The molecule has 0 spiro atoms. The minimum atomic E-state index is -0.128. The molecule has 0 saturated heterocycles. The van der Waals surface area contributed by atoms with E-state index in [1.54, 1.807) is 44.2 Å². The first-order valence-electron chi connectivity index (χ1n) is 7.06. The van der Waals surface area contributed by atoms with Crippen molar-refractivity contribution >= 4 is 29.0 Å². The van der Waals surface area contributed by atoms with Crippen LogP contribution in [-0.2, 0) is 4.79 Å². The van der Waals surface area contributed by atoms with Gasteiger partial charge in [0.05, 0.1) is 32.1 Å². The lowest BCUT2D eigenvalue weighted by Crippen LogP contribution is -2.22. The van der Waals surface area contributed by atoms with Crippen molar-refractivity contribution in [3.05, 3.63) is 42.5 Å². The number of carbonyl (C=O) groups excluding carboxylic acids is 1. The molecular formula is C17H20N2O3S. The van der Waals surface area contributed by atoms with Crippen LogP contribution in [0.3, 0.4) is 0 Å². The number of hydrogen-bond donors (Lipinski definition) is 2. The number of benzene rings is 2. The Kier molecular flexibility index (Phi) is 6.17. The fourth-order valence-electron chi connectivity index (χ4n) is 2.07. The van der Waals surface area contributed by atoms with E-state index in [9.17, 15) is 4.79 Å². The molecule has 0 saturated carbocycles. The van der Waals surface area contributed by atoms with E-state index >= 15 is 0 Å². The van der Waals surface area contributed by atoms with Crippen LogP contribution in [0.2, 0.25) is 0 Å². The van der Waals surface area contributed by atoms with Gasteiger partial charge >= 0.3 is 0 Å². The molecule has 2 rings (SSSR count). The van der Waals surface area contributed by atoms with E-state index in [1.165, 1.54) is 0 Å². The molecule has 6 heteroatoms. The first-order valence-corrected chi connectivity index (χ1v) is 8.29. The Labute approximate surface area is 140 Å². The van der Waals surface area contributed by atoms with Crippen molar-refractivity contribution in [2.45, 2.75) is 4.90 Å². The first kappa shape index (κ1) is 17.0. The molecule has 122 valence electrons. The highest BCUT2D eigenvalue weighted by Crippen LogP contribution is 2.29. The second kappa shape index (κ2) is 8.33. The molecule has 0 aliphatic heterocycles. The maximum absolute atomic E-state index is 12.2. The van der Waals surface area contributed by atoms with Crippen molar-refractivity contribution in [3.63, 3.8) is 0 Å². The summed E-state index contributed by atoms with van der Waals surface area (Å²) < 4.78 is 10.5. The largest absolute Gasteiger partial charge is 0.497 e. The maximum atomic E-state index is 12.2. The SMILES string of the molecule is COc1ccc(OC)c(NCC(=O)Nc2ccccc2SC)c1.